The number of hydrazone groups is 1. The molecule has 0 radical (unpaired) electrons. The van der Waals surface area contributed by atoms with Gasteiger partial charge in [-0.05, 0) is 55.3 Å². The Kier molecular flexibility index (Phi) is 5.60. The third-order valence-corrected chi connectivity index (χ3v) is 6.41. The van der Waals surface area contributed by atoms with Crippen molar-refractivity contribution in [2.75, 3.05) is 25.2 Å². The number of aromatic nitrogens is 2. The maximum atomic E-state index is 5.84. The molecule has 1 aliphatic heterocycles. The first-order valence-corrected chi connectivity index (χ1v) is 11.2. The summed E-state index contributed by atoms with van der Waals surface area (Å²) in [5, 5.41) is 4.39. The molecule has 2 aromatic heterocycles. The highest BCUT2D eigenvalue weighted by Crippen LogP contribution is 2.43. The van der Waals surface area contributed by atoms with Crippen molar-refractivity contribution in [1.29, 1.82) is 0 Å². The molecule has 0 saturated carbocycles. The maximum absolute atomic E-state index is 5.84. The highest BCUT2D eigenvalue weighted by Gasteiger charge is 2.17. The number of hydrogen-bond donors (Lipinski definition) is 1. The van der Waals surface area contributed by atoms with Crippen LogP contribution in [-0.4, -0.2) is 36.0 Å². The van der Waals surface area contributed by atoms with Crippen LogP contribution in [0, 0.1) is 6.92 Å². The van der Waals surface area contributed by atoms with Gasteiger partial charge < -0.3 is 14.2 Å². The normalized spacial score (nSPS) is 12.9. The monoisotopic (exact) mass is 446 g/mol. The quantitative estimate of drug-likeness (QED) is 0.321. The lowest BCUT2D eigenvalue weighted by molar-refractivity contribution is 0.171. The summed E-state index contributed by atoms with van der Waals surface area (Å²) in [5.41, 5.74) is 7.03. The average molecular weight is 447 g/mol. The molecule has 0 amide bonds. The van der Waals surface area contributed by atoms with Gasteiger partial charge in [-0.1, -0.05) is 12.1 Å². The van der Waals surface area contributed by atoms with E-state index < -0.39 is 0 Å². The van der Waals surface area contributed by atoms with Gasteiger partial charge in [-0.2, -0.15) is 5.10 Å². The molecule has 5 rings (SSSR count). The second-order valence-corrected chi connectivity index (χ2v) is 8.18. The Balaban J connectivity index is 1.44. The molecular weight excluding hydrogens is 424 g/mol. The average Bonchev–Trinajstić information content (AvgIpc) is 3.17. The second-order valence-electron chi connectivity index (χ2n) is 7.16. The van der Waals surface area contributed by atoms with Crippen molar-refractivity contribution in [3.05, 3.63) is 59.9 Å². The number of rotatable bonds is 6. The third kappa shape index (κ3) is 3.85. The molecule has 4 aromatic rings. The lowest BCUT2D eigenvalue weighted by Crippen LogP contribution is -2.15. The minimum atomic E-state index is 0.553. The van der Waals surface area contributed by atoms with Gasteiger partial charge in [0.05, 0.1) is 23.0 Å². The molecule has 0 atom stereocenters. The number of nitrogens with zero attached hydrogens (tertiary/aromatic N) is 3. The zero-order chi connectivity index (χ0) is 21.9. The highest BCUT2D eigenvalue weighted by atomic mass is 32.1. The summed E-state index contributed by atoms with van der Waals surface area (Å²) in [7, 11) is 0. The number of benzene rings is 2. The molecule has 1 aliphatic rings. The van der Waals surface area contributed by atoms with Crippen LogP contribution in [0.15, 0.2) is 53.9 Å². The van der Waals surface area contributed by atoms with Crippen molar-refractivity contribution in [2.45, 2.75) is 13.8 Å². The van der Waals surface area contributed by atoms with Crippen LogP contribution in [0.2, 0.25) is 0 Å². The van der Waals surface area contributed by atoms with E-state index in [1.54, 1.807) is 23.9 Å². The van der Waals surface area contributed by atoms with Crippen molar-refractivity contribution >= 4 is 33.6 Å². The van der Waals surface area contributed by atoms with E-state index in [9.17, 15) is 0 Å². The summed E-state index contributed by atoms with van der Waals surface area (Å²) in [6.07, 6.45) is 3.29. The minimum absolute atomic E-state index is 0.553. The van der Waals surface area contributed by atoms with E-state index in [0.29, 0.717) is 25.6 Å². The molecule has 0 saturated heterocycles. The lowest BCUT2D eigenvalue weighted by Gasteiger charge is -2.18. The zero-order valence-corrected chi connectivity index (χ0v) is 18.6. The molecule has 32 heavy (non-hydrogen) atoms. The SMILES string of the molecule is CCOc1ccccc1-c1sc2c(NN=Cc3ccc4c(c3)OCCO4)ncnc2c1C. The Labute approximate surface area is 189 Å². The van der Waals surface area contributed by atoms with Gasteiger partial charge in [-0.3, -0.25) is 5.43 Å². The van der Waals surface area contributed by atoms with Crippen molar-refractivity contribution in [3.63, 3.8) is 0 Å². The fraction of sp³-hybridized carbons (Fsp3) is 0.208. The number of thiophene rings is 1. The van der Waals surface area contributed by atoms with E-state index in [1.807, 2.05) is 43.3 Å². The molecular formula is C24H22N4O3S. The van der Waals surface area contributed by atoms with E-state index >= 15 is 0 Å². The van der Waals surface area contributed by atoms with Crippen molar-refractivity contribution in [3.8, 4) is 27.7 Å². The molecule has 2 aromatic carbocycles. The van der Waals surface area contributed by atoms with Crippen LogP contribution in [0.1, 0.15) is 18.1 Å². The maximum Gasteiger partial charge on any atom is 0.167 e. The molecule has 3 heterocycles. The molecule has 0 aliphatic carbocycles. The number of nitrogens with one attached hydrogen (secondary N) is 1. The Morgan fingerprint density at radius 1 is 1.12 bits per heavy atom. The van der Waals surface area contributed by atoms with Crippen molar-refractivity contribution in [2.24, 2.45) is 5.10 Å². The van der Waals surface area contributed by atoms with Crippen molar-refractivity contribution < 1.29 is 14.2 Å². The van der Waals surface area contributed by atoms with Crippen LogP contribution in [0.4, 0.5) is 5.82 Å². The van der Waals surface area contributed by atoms with Gasteiger partial charge in [-0.15, -0.1) is 11.3 Å². The summed E-state index contributed by atoms with van der Waals surface area (Å²) in [4.78, 5) is 10.0. The Morgan fingerprint density at radius 2 is 1.97 bits per heavy atom. The third-order valence-electron chi connectivity index (χ3n) is 5.09. The predicted octanol–water partition coefficient (Wildman–Crippen LogP) is 5.28. The number of hydrogen-bond acceptors (Lipinski definition) is 8. The first-order valence-electron chi connectivity index (χ1n) is 10.4. The van der Waals surface area contributed by atoms with Crippen LogP contribution in [0.25, 0.3) is 20.7 Å². The van der Waals surface area contributed by atoms with Crippen LogP contribution >= 0.6 is 11.3 Å². The molecule has 162 valence electrons. The number of fused-ring (bicyclic) bond motifs is 2. The molecule has 7 nitrogen and oxygen atoms in total. The Hall–Kier alpha value is -3.65. The molecule has 0 fully saturated rings. The number of para-hydroxylation sites is 1. The van der Waals surface area contributed by atoms with Gasteiger partial charge in [0.2, 0.25) is 0 Å². The molecule has 0 bridgehead atoms. The molecule has 1 N–H and O–H groups in total. The highest BCUT2D eigenvalue weighted by molar-refractivity contribution is 7.23. The van der Waals surface area contributed by atoms with E-state index in [4.69, 9.17) is 14.2 Å². The smallest absolute Gasteiger partial charge is 0.167 e. The van der Waals surface area contributed by atoms with Crippen LogP contribution < -0.4 is 19.6 Å². The number of aryl methyl sites for hydroxylation is 1. The van der Waals surface area contributed by atoms with Gasteiger partial charge in [0, 0.05) is 10.4 Å². The summed E-state index contributed by atoms with van der Waals surface area (Å²) in [6.45, 7) is 5.80. The molecule has 0 unspecified atom stereocenters. The lowest BCUT2D eigenvalue weighted by atomic mass is 10.1. The first-order chi connectivity index (χ1) is 15.7. The summed E-state index contributed by atoms with van der Waals surface area (Å²) < 4.78 is 18.0. The predicted molar refractivity (Wildman–Crippen MR) is 127 cm³/mol. The fourth-order valence-electron chi connectivity index (χ4n) is 3.60. The van der Waals surface area contributed by atoms with E-state index in [0.717, 1.165) is 49.0 Å². The molecule has 0 spiro atoms. The van der Waals surface area contributed by atoms with Gasteiger partial charge in [0.1, 0.15) is 25.3 Å². The number of ether oxygens (including phenoxy) is 3. The zero-order valence-electron chi connectivity index (χ0n) is 17.8. The second kappa shape index (κ2) is 8.84. The van der Waals surface area contributed by atoms with Gasteiger partial charge in [-0.25, -0.2) is 9.97 Å². The van der Waals surface area contributed by atoms with Crippen molar-refractivity contribution in [1.82, 2.24) is 9.97 Å². The van der Waals surface area contributed by atoms with Crippen LogP contribution in [-0.2, 0) is 0 Å². The molecule has 8 heteroatoms. The minimum Gasteiger partial charge on any atom is -0.493 e. The number of anilines is 1. The van der Waals surface area contributed by atoms with Gasteiger partial charge in [0.25, 0.3) is 0 Å². The van der Waals surface area contributed by atoms with Gasteiger partial charge >= 0.3 is 0 Å². The fourth-order valence-corrected chi connectivity index (χ4v) is 4.83. The van der Waals surface area contributed by atoms with E-state index in [-0.39, 0.29) is 0 Å². The van der Waals surface area contributed by atoms with Gasteiger partial charge in [0.15, 0.2) is 17.3 Å². The first kappa shape index (κ1) is 20.3. The van der Waals surface area contributed by atoms with Crippen LogP contribution in [0.3, 0.4) is 0 Å². The Morgan fingerprint density at radius 3 is 2.84 bits per heavy atom. The largest absolute Gasteiger partial charge is 0.493 e. The topological polar surface area (TPSA) is 77.9 Å². The van der Waals surface area contributed by atoms with E-state index in [2.05, 4.69) is 33.5 Å². The van der Waals surface area contributed by atoms with Crippen LogP contribution in [0.5, 0.6) is 17.2 Å². The summed E-state index contributed by atoms with van der Waals surface area (Å²) in [6, 6.07) is 13.8. The summed E-state index contributed by atoms with van der Waals surface area (Å²) >= 11 is 1.63. The van der Waals surface area contributed by atoms with E-state index in [1.165, 1.54) is 0 Å². The summed E-state index contributed by atoms with van der Waals surface area (Å²) in [5.74, 6) is 3.02. The Bertz CT molecular complexity index is 1300. The standard InChI is InChI=1S/C24H22N4O3S/c1-3-29-18-7-5-4-6-17(18)22-15(2)21-23(32-22)24(26-14-25-21)28-27-13-16-8-9-19-20(12-16)31-11-10-30-19/h4-9,12-14H,3,10-11H2,1-2H3,(H,25,26,28).